The van der Waals surface area contributed by atoms with Crippen LogP contribution in [0.3, 0.4) is 0 Å². The van der Waals surface area contributed by atoms with Gasteiger partial charge < -0.3 is 9.47 Å². The van der Waals surface area contributed by atoms with E-state index in [1.165, 1.54) is 19.3 Å². The lowest BCUT2D eigenvalue weighted by atomic mass is 9.98. The number of ether oxygens (including phenoxy) is 2. The zero-order valence-electron chi connectivity index (χ0n) is 17.6. The maximum absolute atomic E-state index is 12.8. The Morgan fingerprint density at radius 2 is 1.48 bits per heavy atom. The van der Waals surface area contributed by atoms with Crippen molar-refractivity contribution in [2.24, 2.45) is 17.3 Å². The fourth-order valence-corrected chi connectivity index (χ4v) is 4.78. The molecular weight excluding hydrogens is 360 g/mol. The molecule has 3 heteroatoms. The van der Waals surface area contributed by atoms with Crippen LogP contribution < -0.4 is 0 Å². The average Bonchev–Trinajstić information content (AvgIpc) is 3.31. The summed E-state index contributed by atoms with van der Waals surface area (Å²) in [7, 11) is 0. The van der Waals surface area contributed by atoms with Gasteiger partial charge in [-0.3, -0.25) is 4.79 Å². The fourth-order valence-electron chi connectivity index (χ4n) is 4.78. The predicted octanol–water partition coefficient (Wildman–Crippen LogP) is 5.94. The molecule has 2 fully saturated rings. The van der Waals surface area contributed by atoms with E-state index in [2.05, 4.69) is 38.1 Å². The van der Waals surface area contributed by atoms with E-state index in [0.29, 0.717) is 6.61 Å². The minimum atomic E-state index is -0.121. The molecule has 0 spiro atoms. The Hall–Kier alpha value is -2.13. The van der Waals surface area contributed by atoms with E-state index >= 15 is 0 Å². The minimum absolute atomic E-state index is 0.0218. The summed E-state index contributed by atoms with van der Waals surface area (Å²) >= 11 is 0. The summed E-state index contributed by atoms with van der Waals surface area (Å²) in [6.07, 6.45) is 5.65. The van der Waals surface area contributed by atoms with Crippen molar-refractivity contribution in [2.75, 3.05) is 6.61 Å². The highest BCUT2D eigenvalue weighted by Gasteiger charge is 2.63. The third kappa shape index (κ3) is 4.56. The number of benzene rings is 2. The Kier molecular flexibility index (Phi) is 6.05. The molecule has 2 saturated carbocycles. The van der Waals surface area contributed by atoms with Crippen LogP contribution in [-0.2, 0) is 14.3 Å². The standard InChI is InChI=1S/C26H32O3/c1-26(2)22(23(26)25(27)29-21-16-10-5-11-17-21)18-28-24(19-12-6-3-7-13-19)20-14-8-4-9-15-20/h3-4,6-9,12-15,21-24H,5,10-11,16-18H2,1-2H3. The van der Waals surface area contributed by atoms with Crippen LogP contribution in [0.4, 0.5) is 0 Å². The van der Waals surface area contributed by atoms with Crippen molar-refractivity contribution in [2.45, 2.75) is 58.2 Å². The maximum Gasteiger partial charge on any atom is 0.310 e. The van der Waals surface area contributed by atoms with Crippen molar-refractivity contribution in [1.82, 2.24) is 0 Å². The molecule has 0 saturated heterocycles. The van der Waals surface area contributed by atoms with Crippen LogP contribution in [-0.4, -0.2) is 18.7 Å². The summed E-state index contributed by atoms with van der Waals surface area (Å²) in [5.74, 6) is 0.122. The van der Waals surface area contributed by atoms with Crippen LogP contribution in [0.5, 0.6) is 0 Å². The van der Waals surface area contributed by atoms with Gasteiger partial charge in [-0.25, -0.2) is 0 Å². The van der Waals surface area contributed by atoms with Crippen LogP contribution in [0, 0.1) is 17.3 Å². The van der Waals surface area contributed by atoms with Crippen molar-refractivity contribution in [1.29, 1.82) is 0 Å². The van der Waals surface area contributed by atoms with E-state index in [1.807, 2.05) is 36.4 Å². The normalized spacial score (nSPS) is 23.7. The van der Waals surface area contributed by atoms with Gasteiger partial charge in [-0.2, -0.15) is 0 Å². The maximum atomic E-state index is 12.8. The first-order valence-electron chi connectivity index (χ1n) is 11.0. The summed E-state index contributed by atoms with van der Waals surface area (Å²) in [5, 5.41) is 0. The Morgan fingerprint density at radius 3 is 2.03 bits per heavy atom. The summed E-state index contributed by atoms with van der Waals surface area (Å²) in [6, 6.07) is 20.6. The first-order valence-corrected chi connectivity index (χ1v) is 11.0. The largest absolute Gasteiger partial charge is 0.462 e. The summed E-state index contributed by atoms with van der Waals surface area (Å²) in [5.41, 5.74) is 2.21. The highest BCUT2D eigenvalue weighted by atomic mass is 16.5. The van der Waals surface area contributed by atoms with Gasteiger partial charge in [0.2, 0.25) is 0 Å². The number of rotatable bonds is 7. The molecule has 2 unspecified atom stereocenters. The molecule has 0 aliphatic heterocycles. The number of carbonyl (C=O) groups excluding carboxylic acids is 1. The molecule has 3 nitrogen and oxygen atoms in total. The average molecular weight is 393 g/mol. The smallest absolute Gasteiger partial charge is 0.310 e. The van der Waals surface area contributed by atoms with Crippen LogP contribution in [0.15, 0.2) is 60.7 Å². The van der Waals surface area contributed by atoms with E-state index in [-0.39, 0.29) is 35.4 Å². The van der Waals surface area contributed by atoms with Crippen molar-refractivity contribution in [3.63, 3.8) is 0 Å². The van der Waals surface area contributed by atoms with E-state index in [4.69, 9.17) is 9.47 Å². The molecule has 0 radical (unpaired) electrons. The van der Waals surface area contributed by atoms with Gasteiger partial charge in [-0.1, -0.05) is 80.9 Å². The minimum Gasteiger partial charge on any atom is -0.462 e. The highest BCUT2D eigenvalue weighted by molar-refractivity contribution is 5.77. The van der Waals surface area contributed by atoms with Crippen LogP contribution in [0.1, 0.15) is 63.2 Å². The molecule has 4 rings (SSSR count). The van der Waals surface area contributed by atoms with E-state index in [0.717, 1.165) is 24.0 Å². The second-order valence-corrected chi connectivity index (χ2v) is 9.14. The topological polar surface area (TPSA) is 35.5 Å². The second kappa shape index (κ2) is 8.71. The Bertz CT molecular complexity index is 754. The number of esters is 1. The lowest BCUT2D eigenvalue weighted by Crippen LogP contribution is -2.23. The van der Waals surface area contributed by atoms with E-state index in [9.17, 15) is 4.79 Å². The highest BCUT2D eigenvalue weighted by Crippen LogP contribution is 2.59. The molecule has 2 aromatic carbocycles. The van der Waals surface area contributed by atoms with Crippen molar-refractivity contribution in [3.05, 3.63) is 71.8 Å². The zero-order chi connectivity index (χ0) is 20.3. The van der Waals surface area contributed by atoms with Crippen LogP contribution in [0.25, 0.3) is 0 Å². The Labute approximate surface area is 174 Å². The van der Waals surface area contributed by atoms with Crippen molar-refractivity contribution < 1.29 is 14.3 Å². The van der Waals surface area contributed by atoms with Gasteiger partial charge in [0.25, 0.3) is 0 Å². The fraction of sp³-hybridized carbons (Fsp3) is 0.500. The molecule has 0 N–H and O–H groups in total. The summed E-state index contributed by atoms with van der Waals surface area (Å²) in [6.45, 7) is 4.88. The quantitative estimate of drug-likeness (QED) is 0.547. The molecule has 2 aliphatic carbocycles. The van der Waals surface area contributed by atoms with E-state index < -0.39 is 0 Å². The third-order valence-corrected chi connectivity index (χ3v) is 6.79. The Morgan fingerprint density at radius 1 is 0.931 bits per heavy atom. The van der Waals surface area contributed by atoms with Crippen molar-refractivity contribution >= 4 is 5.97 Å². The van der Waals surface area contributed by atoms with Crippen LogP contribution >= 0.6 is 0 Å². The summed E-state index contributed by atoms with van der Waals surface area (Å²) < 4.78 is 12.3. The number of carbonyl (C=O) groups is 1. The third-order valence-electron chi connectivity index (χ3n) is 6.79. The summed E-state index contributed by atoms with van der Waals surface area (Å²) in [4.78, 5) is 12.8. The molecule has 0 aromatic heterocycles. The molecule has 2 atom stereocenters. The molecule has 0 heterocycles. The molecule has 2 aromatic rings. The van der Waals surface area contributed by atoms with Gasteiger partial charge in [-0.05, 0) is 42.2 Å². The van der Waals surface area contributed by atoms with Gasteiger partial charge in [0.1, 0.15) is 12.2 Å². The Balaban J connectivity index is 1.41. The van der Waals surface area contributed by atoms with Gasteiger partial charge in [0.15, 0.2) is 0 Å². The first kappa shape index (κ1) is 20.2. The van der Waals surface area contributed by atoms with Gasteiger partial charge in [0.05, 0.1) is 12.5 Å². The molecule has 0 bridgehead atoms. The second-order valence-electron chi connectivity index (χ2n) is 9.14. The molecule has 29 heavy (non-hydrogen) atoms. The lowest BCUT2D eigenvalue weighted by molar-refractivity contribution is -0.153. The van der Waals surface area contributed by atoms with E-state index in [1.54, 1.807) is 0 Å². The number of hydrogen-bond acceptors (Lipinski definition) is 3. The predicted molar refractivity (Wildman–Crippen MR) is 114 cm³/mol. The zero-order valence-corrected chi connectivity index (χ0v) is 17.6. The van der Waals surface area contributed by atoms with Gasteiger partial charge in [-0.15, -0.1) is 0 Å². The van der Waals surface area contributed by atoms with Gasteiger partial charge >= 0.3 is 5.97 Å². The SMILES string of the molecule is CC1(C)C(COC(c2ccccc2)c2ccccc2)C1C(=O)OC1CCCCC1. The molecular formula is C26H32O3. The first-order chi connectivity index (χ1) is 14.1. The molecule has 2 aliphatic rings. The van der Waals surface area contributed by atoms with Gasteiger partial charge in [0, 0.05) is 5.92 Å². The monoisotopic (exact) mass is 392 g/mol. The number of hydrogen-bond donors (Lipinski definition) is 0. The van der Waals surface area contributed by atoms with Crippen molar-refractivity contribution in [3.8, 4) is 0 Å². The molecule has 0 amide bonds. The lowest BCUT2D eigenvalue weighted by Gasteiger charge is -2.22. The molecule has 154 valence electrons. The van der Waals surface area contributed by atoms with Crippen LogP contribution in [0.2, 0.25) is 0 Å².